The van der Waals surface area contributed by atoms with Crippen molar-refractivity contribution in [2.24, 2.45) is 0 Å². The first-order chi connectivity index (χ1) is 8.98. The number of carbonyl (C=O) groups is 1. The Labute approximate surface area is 117 Å². The summed E-state index contributed by atoms with van der Waals surface area (Å²) in [6.07, 6.45) is 0. The van der Waals surface area contributed by atoms with Crippen molar-refractivity contribution in [3.63, 3.8) is 0 Å². The zero-order valence-corrected chi connectivity index (χ0v) is 11.6. The van der Waals surface area contributed by atoms with E-state index in [2.05, 4.69) is 11.4 Å². The van der Waals surface area contributed by atoms with Gasteiger partial charge in [-0.15, -0.1) is 0 Å². The molecule has 0 saturated carbocycles. The normalized spacial score (nSPS) is 16.1. The van der Waals surface area contributed by atoms with E-state index in [1.165, 1.54) is 0 Å². The minimum Gasteiger partial charge on any atom is -0.325 e. The second kappa shape index (κ2) is 4.10. The Morgan fingerprint density at radius 2 is 1.63 bits per heavy atom. The highest BCUT2D eigenvalue weighted by Gasteiger charge is 2.38. The van der Waals surface area contributed by atoms with Gasteiger partial charge in [0, 0.05) is 10.7 Å². The molecule has 1 aliphatic rings. The highest BCUT2D eigenvalue weighted by molar-refractivity contribution is 6.30. The van der Waals surface area contributed by atoms with Crippen molar-refractivity contribution in [2.45, 2.75) is 19.3 Å². The quantitative estimate of drug-likeness (QED) is 0.826. The summed E-state index contributed by atoms with van der Waals surface area (Å²) in [6, 6.07) is 13.8. The lowest BCUT2D eigenvalue weighted by molar-refractivity contribution is -0.119. The summed E-state index contributed by atoms with van der Waals surface area (Å²) < 4.78 is 0. The average Bonchev–Trinajstić information content (AvgIpc) is 2.61. The van der Waals surface area contributed by atoms with E-state index in [9.17, 15) is 4.79 Å². The summed E-state index contributed by atoms with van der Waals surface area (Å²) in [4.78, 5) is 11.9. The van der Waals surface area contributed by atoms with Gasteiger partial charge in [0.25, 0.3) is 0 Å². The van der Waals surface area contributed by atoms with Gasteiger partial charge >= 0.3 is 0 Å². The molecule has 96 valence electrons. The van der Waals surface area contributed by atoms with Crippen LogP contribution >= 0.6 is 11.6 Å². The maximum Gasteiger partial charge on any atom is 0.234 e. The average molecular weight is 272 g/mol. The number of rotatable bonds is 1. The first-order valence-electron chi connectivity index (χ1n) is 6.20. The van der Waals surface area contributed by atoms with Crippen LogP contribution in [0.3, 0.4) is 0 Å². The van der Waals surface area contributed by atoms with Crippen LogP contribution < -0.4 is 5.32 Å². The fourth-order valence-corrected chi connectivity index (χ4v) is 2.52. The predicted octanol–water partition coefficient (Wildman–Crippen LogP) is 4.24. The maximum absolute atomic E-state index is 11.9. The molecule has 2 nitrogen and oxygen atoms in total. The highest BCUT2D eigenvalue weighted by atomic mass is 35.5. The number of fused-ring (bicyclic) bond motifs is 1. The van der Waals surface area contributed by atoms with Crippen LogP contribution in [0.5, 0.6) is 0 Å². The van der Waals surface area contributed by atoms with E-state index in [1.54, 1.807) is 0 Å². The molecule has 1 N–H and O–H groups in total. The molecule has 1 aliphatic heterocycles. The van der Waals surface area contributed by atoms with Gasteiger partial charge in [0.15, 0.2) is 0 Å². The zero-order valence-electron chi connectivity index (χ0n) is 10.8. The van der Waals surface area contributed by atoms with Crippen molar-refractivity contribution in [3.05, 3.63) is 53.1 Å². The predicted molar refractivity (Wildman–Crippen MR) is 78.5 cm³/mol. The van der Waals surface area contributed by atoms with Gasteiger partial charge in [0.2, 0.25) is 5.91 Å². The van der Waals surface area contributed by atoms with Gasteiger partial charge in [-0.05, 0) is 54.8 Å². The van der Waals surface area contributed by atoms with Crippen LogP contribution in [0, 0.1) is 0 Å². The van der Waals surface area contributed by atoms with Gasteiger partial charge in [-0.25, -0.2) is 0 Å². The van der Waals surface area contributed by atoms with Crippen LogP contribution in [-0.4, -0.2) is 5.91 Å². The van der Waals surface area contributed by atoms with E-state index in [1.807, 2.05) is 50.2 Å². The van der Waals surface area contributed by atoms with Gasteiger partial charge in [-0.3, -0.25) is 4.79 Å². The van der Waals surface area contributed by atoms with Crippen molar-refractivity contribution in [1.82, 2.24) is 0 Å². The molecule has 1 amide bonds. The molecule has 0 saturated heterocycles. The molecule has 0 radical (unpaired) electrons. The Morgan fingerprint density at radius 3 is 2.32 bits per heavy atom. The van der Waals surface area contributed by atoms with Gasteiger partial charge in [0.1, 0.15) is 0 Å². The van der Waals surface area contributed by atoms with E-state index >= 15 is 0 Å². The SMILES string of the molecule is CC1(C)C(=O)Nc2ccc(-c3ccc(Cl)cc3)cc21. The van der Waals surface area contributed by atoms with Crippen LogP contribution in [0.1, 0.15) is 19.4 Å². The molecule has 0 aliphatic carbocycles. The fraction of sp³-hybridized carbons (Fsp3) is 0.188. The molecule has 3 rings (SSSR count). The Balaban J connectivity index is 2.10. The van der Waals surface area contributed by atoms with E-state index in [-0.39, 0.29) is 5.91 Å². The van der Waals surface area contributed by atoms with Crippen molar-refractivity contribution in [2.75, 3.05) is 5.32 Å². The number of nitrogens with one attached hydrogen (secondary N) is 1. The molecule has 2 aromatic carbocycles. The Bertz CT molecular complexity index is 659. The van der Waals surface area contributed by atoms with Crippen LogP contribution in [0.4, 0.5) is 5.69 Å². The lowest BCUT2D eigenvalue weighted by atomic mass is 9.85. The van der Waals surface area contributed by atoms with Crippen LogP contribution in [0.15, 0.2) is 42.5 Å². The number of anilines is 1. The van der Waals surface area contributed by atoms with Gasteiger partial charge in [-0.2, -0.15) is 0 Å². The third-order valence-corrected chi connectivity index (χ3v) is 3.94. The monoisotopic (exact) mass is 271 g/mol. The Kier molecular flexibility index (Phi) is 2.64. The molecule has 0 bridgehead atoms. The molecular weight excluding hydrogens is 258 g/mol. The lowest BCUT2D eigenvalue weighted by Crippen LogP contribution is -2.26. The molecule has 0 spiro atoms. The number of hydrogen-bond acceptors (Lipinski definition) is 1. The fourth-order valence-electron chi connectivity index (χ4n) is 2.39. The summed E-state index contributed by atoms with van der Waals surface area (Å²) in [7, 11) is 0. The molecule has 3 heteroatoms. The van der Waals surface area contributed by atoms with Crippen molar-refractivity contribution < 1.29 is 4.79 Å². The molecule has 1 heterocycles. The summed E-state index contributed by atoms with van der Waals surface area (Å²) in [5.74, 6) is 0.0516. The minimum absolute atomic E-state index is 0.0516. The first-order valence-corrected chi connectivity index (χ1v) is 6.58. The highest BCUT2D eigenvalue weighted by Crippen LogP contribution is 2.39. The summed E-state index contributed by atoms with van der Waals surface area (Å²) in [5, 5.41) is 3.64. The van der Waals surface area contributed by atoms with Crippen molar-refractivity contribution >= 4 is 23.2 Å². The zero-order chi connectivity index (χ0) is 13.6. The number of carbonyl (C=O) groups excluding carboxylic acids is 1. The van der Waals surface area contributed by atoms with Crippen molar-refractivity contribution in [1.29, 1.82) is 0 Å². The maximum atomic E-state index is 11.9. The van der Waals surface area contributed by atoms with Gasteiger partial charge in [-0.1, -0.05) is 29.8 Å². The second-order valence-electron chi connectivity index (χ2n) is 5.35. The largest absolute Gasteiger partial charge is 0.325 e. The summed E-state index contributed by atoms with van der Waals surface area (Å²) in [6.45, 7) is 3.89. The molecule has 0 atom stereocenters. The Morgan fingerprint density at radius 1 is 1.00 bits per heavy atom. The van der Waals surface area contributed by atoms with Crippen LogP contribution in [-0.2, 0) is 10.2 Å². The number of hydrogen-bond donors (Lipinski definition) is 1. The smallest absolute Gasteiger partial charge is 0.234 e. The van der Waals surface area contributed by atoms with E-state index in [4.69, 9.17) is 11.6 Å². The number of halogens is 1. The van der Waals surface area contributed by atoms with E-state index in [0.717, 1.165) is 27.4 Å². The summed E-state index contributed by atoms with van der Waals surface area (Å²) >= 11 is 5.90. The molecule has 0 aromatic heterocycles. The van der Waals surface area contributed by atoms with Crippen LogP contribution in [0.25, 0.3) is 11.1 Å². The third-order valence-electron chi connectivity index (χ3n) is 3.69. The Hall–Kier alpha value is -1.80. The topological polar surface area (TPSA) is 29.1 Å². The number of amides is 1. The standard InChI is InChI=1S/C16H14ClNO/c1-16(2)13-9-11(5-8-14(13)18-15(16)19)10-3-6-12(17)7-4-10/h3-9H,1-2H3,(H,18,19). The number of benzene rings is 2. The molecule has 0 unspecified atom stereocenters. The first kappa shape index (κ1) is 12.2. The van der Waals surface area contributed by atoms with E-state index < -0.39 is 5.41 Å². The van der Waals surface area contributed by atoms with Crippen LogP contribution in [0.2, 0.25) is 5.02 Å². The third kappa shape index (κ3) is 1.92. The lowest BCUT2D eigenvalue weighted by Gasteiger charge is -2.16. The molecule has 19 heavy (non-hydrogen) atoms. The van der Waals surface area contributed by atoms with Crippen molar-refractivity contribution in [3.8, 4) is 11.1 Å². The van der Waals surface area contributed by atoms with Gasteiger partial charge < -0.3 is 5.32 Å². The molecule has 0 fully saturated rings. The molecular formula is C16H14ClNO. The summed E-state index contributed by atoms with van der Waals surface area (Å²) in [5.41, 5.74) is 3.68. The second-order valence-corrected chi connectivity index (χ2v) is 5.78. The van der Waals surface area contributed by atoms with E-state index in [0.29, 0.717) is 0 Å². The molecule has 2 aromatic rings. The minimum atomic E-state index is -0.474. The van der Waals surface area contributed by atoms with Gasteiger partial charge in [0.05, 0.1) is 5.41 Å².